The van der Waals surface area contributed by atoms with E-state index >= 15 is 0 Å². The van der Waals surface area contributed by atoms with Crippen LogP contribution in [-0.4, -0.2) is 17.3 Å². The van der Waals surface area contributed by atoms with Gasteiger partial charge in [0.15, 0.2) is 0 Å². The van der Waals surface area contributed by atoms with E-state index in [0.717, 1.165) is 22.8 Å². The Labute approximate surface area is 152 Å². The third-order valence-electron chi connectivity index (χ3n) is 3.25. The van der Waals surface area contributed by atoms with Crippen molar-refractivity contribution in [2.45, 2.75) is 43.4 Å². The zero-order valence-corrected chi connectivity index (χ0v) is 15.7. The van der Waals surface area contributed by atoms with Gasteiger partial charge in [-0.1, -0.05) is 18.5 Å². The average molecular weight is 364 g/mol. The highest BCUT2D eigenvalue weighted by Gasteiger charge is 2.18. The van der Waals surface area contributed by atoms with Gasteiger partial charge in [0.2, 0.25) is 5.91 Å². The van der Waals surface area contributed by atoms with Crippen molar-refractivity contribution in [3.05, 3.63) is 53.6 Å². The van der Waals surface area contributed by atoms with E-state index in [-0.39, 0.29) is 17.3 Å². The first-order chi connectivity index (χ1) is 11.5. The van der Waals surface area contributed by atoms with Gasteiger partial charge in [-0.3, -0.25) is 4.79 Å². The minimum Gasteiger partial charge on any atom is -0.491 e. The minimum absolute atomic E-state index is 0.00465. The lowest BCUT2D eigenvalue weighted by atomic mass is 10.2. The predicted octanol–water partition coefficient (Wildman–Crippen LogP) is 5.64. The van der Waals surface area contributed by atoms with Crippen LogP contribution in [0.2, 0.25) is 5.02 Å². The lowest BCUT2D eigenvalue weighted by Crippen LogP contribution is -2.24. The van der Waals surface area contributed by atoms with Crippen LogP contribution in [0.3, 0.4) is 0 Å². The number of benzene rings is 2. The Morgan fingerprint density at radius 3 is 2.29 bits per heavy atom. The maximum absolute atomic E-state index is 12.5. The predicted molar refractivity (Wildman–Crippen MR) is 102 cm³/mol. The molecule has 0 aliphatic heterocycles. The second-order valence-electron chi connectivity index (χ2n) is 5.65. The molecule has 0 radical (unpaired) electrons. The Morgan fingerprint density at radius 1 is 1.12 bits per heavy atom. The van der Waals surface area contributed by atoms with Gasteiger partial charge in [-0.15, -0.1) is 11.8 Å². The number of hydrogen-bond donors (Lipinski definition) is 1. The van der Waals surface area contributed by atoms with Crippen molar-refractivity contribution in [2.24, 2.45) is 0 Å². The van der Waals surface area contributed by atoms with Crippen molar-refractivity contribution < 1.29 is 9.53 Å². The summed E-state index contributed by atoms with van der Waals surface area (Å²) in [4.78, 5) is 13.5. The Morgan fingerprint density at radius 2 is 1.75 bits per heavy atom. The standard InChI is InChI=1S/C19H22ClNO2S/c1-4-18(24-17-11-5-14(20)6-12-17)19(22)21-15-7-9-16(10-8-15)23-13(2)3/h5-13,18H,4H2,1-3H3,(H,21,22)/t18-/m1/s1. The molecule has 0 unspecified atom stereocenters. The van der Waals surface area contributed by atoms with E-state index in [4.69, 9.17) is 16.3 Å². The molecular weight excluding hydrogens is 342 g/mol. The fourth-order valence-electron chi connectivity index (χ4n) is 2.11. The Kier molecular flexibility index (Phi) is 7.00. The van der Waals surface area contributed by atoms with Gasteiger partial charge < -0.3 is 10.1 Å². The van der Waals surface area contributed by atoms with Gasteiger partial charge in [-0.25, -0.2) is 0 Å². The molecule has 2 aromatic rings. The molecule has 24 heavy (non-hydrogen) atoms. The number of nitrogens with one attached hydrogen (secondary N) is 1. The Balaban J connectivity index is 1.97. The van der Waals surface area contributed by atoms with E-state index in [0.29, 0.717) is 5.02 Å². The van der Waals surface area contributed by atoms with Gasteiger partial charge >= 0.3 is 0 Å². The quantitative estimate of drug-likeness (QED) is 0.647. The molecule has 2 rings (SSSR count). The van der Waals surface area contributed by atoms with Crippen LogP contribution in [0.5, 0.6) is 5.75 Å². The highest BCUT2D eigenvalue weighted by Crippen LogP contribution is 2.28. The molecule has 1 amide bonds. The summed E-state index contributed by atoms with van der Waals surface area (Å²) in [6.45, 7) is 5.97. The monoisotopic (exact) mass is 363 g/mol. The minimum atomic E-state index is -0.155. The lowest BCUT2D eigenvalue weighted by Gasteiger charge is -2.15. The molecule has 2 aromatic carbocycles. The molecule has 0 bridgehead atoms. The number of carbonyl (C=O) groups is 1. The van der Waals surface area contributed by atoms with Crippen LogP contribution in [0.1, 0.15) is 27.2 Å². The molecule has 0 heterocycles. The lowest BCUT2D eigenvalue weighted by molar-refractivity contribution is -0.115. The van der Waals surface area contributed by atoms with Crippen molar-refractivity contribution >= 4 is 35.0 Å². The van der Waals surface area contributed by atoms with Gasteiger partial charge in [0, 0.05) is 15.6 Å². The Bertz CT molecular complexity index is 656. The molecule has 0 aliphatic rings. The average Bonchev–Trinajstić information content (AvgIpc) is 2.55. The molecule has 5 heteroatoms. The number of anilines is 1. The van der Waals surface area contributed by atoms with E-state index in [1.54, 1.807) is 11.8 Å². The van der Waals surface area contributed by atoms with Crippen molar-refractivity contribution in [1.29, 1.82) is 0 Å². The van der Waals surface area contributed by atoms with Gasteiger partial charge in [-0.2, -0.15) is 0 Å². The third-order valence-corrected chi connectivity index (χ3v) is 4.88. The molecule has 0 fully saturated rings. The molecule has 3 nitrogen and oxygen atoms in total. The van der Waals surface area contributed by atoms with Crippen LogP contribution in [0.4, 0.5) is 5.69 Å². The number of ether oxygens (including phenoxy) is 1. The van der Waals surface area contributed by atoms with E-state index in [9.17, 15) is 4.79 Å². The molecule has 0 saturated carbocycles. The molecule has 1 N–H and O–H groups in total. The number of hydrogen-bond acceptors (Lipinski definition) is 3. The number of halogens is 1. The van der Waals surface area contributed by atoms with Gasteiger partial charge in [0.25, 0.3) is 0 Å². The highest BCUT2D eigenvalue weighted by molar-refractivity contribution is 8.00. The van der Waals surface area contributed by atoms with Crippen molar-refractivity contribution in [2.75, 3.05) is 5.32 Å². The zero-order chi connectivity index (χ0) is 17.5. The first-order valence-corrected chi connectivity index (χ1v) is 9.23. The number of carbonyl (C=O) groups excluding carboxylic acids is 1. The largest absolute Gasteiger partial charge is 0.491 e. The van der Waals surface area contributed by atoms with Crippen LogP contribution >= 0.6 is 23.4 Å². The molecule has 0 spiro atoms. The summed E-state index contributed by atoms with van der Waals surface area (Å²) in [5.74, 6) is 0.792. The maximum Gasteiger partial charge on any atom is 0.237 e. The van der Waals surface area contributed by atoms with Gasteiger partial charge in [-0.05, 0) is 68.8 Å². The van der Waals surface area contributed by atoms with E-state index in [2.05, 4.69) is 5.32 Å². The first kappa shape index (κ1) is 18.7. The number of thioether (sulfide) groups is 1. The fraction of sp³-hybridized carbons (Fsp3) is 0.316. The van der Waals surface area contributed by atoms with E-state index in [1.807, 2.05) is 69.3 Å². The smallest absolute Gasteiger partial charge is 0.237 e. The van der Waals surface area contributed by atoms with Crippen LogP contribution in [-0.2, 0) is 4.79 Å². The van der Waals surface area contributed by atoms with Crippen LogP contribution < -0.4 is 10.1 Å². The van der Waals surface area contributed by atoms with Crippen LogP contribution in [0.25, 0.3) is 0 Å². The zero-order valence-electron chi connectivity index (χ0n) is 14.1. The summed E-state index contributed by atoms with van der Waals surface area (Å²) in [5.41, 5.74) is 0.770. The van der Waals surface area contributed by atoms with E-state index < -0.39 is 0 Å². The van der Waals surface area contributed by atoms with E-state index in [1.165, 1.54) is 0 Å². The SMILES string of the molecule is CC[C@@H](Sc1ccc(Cl)cc1)C(=O)Nc1ccc(OC(C)C)cc1. The van der Waals surface area contributed by atoms with Crippen LogP contribution in [0.15, 0.2) is 53.4 Å². The molecular formula is C19H22ClNO2S. The topological polar surface area (TPSA) is 38.3 Å². The summed E-state index contributed by atoms with van der Waals surface area (Å²) in [6, 6.07) is 15.0. The van der Waals surface area contributed by atoms with Crippen LogP contribution in [0, 0.1) is 0 Å². The normalized spacial score (nSPS) is 12.0. The first-order valence-electron chi connectivity index (χ1n) is 7.97. The molecule has 0 aromatic heterocycles. The second-order valence-corrected chi connectivity index (χ2v) is 7.36. The fourth-order valence-corrected chi connectivity index (χ4v) is 3.19. The van der Waals surface area contributed by atoms with Gasteiger partial charge in [0.05, 0.1) is 11.4 Å². The summed E-state index contributed by atoms with van der Waals surface area (Å²) in [5, 5.41) is 3.50. The molecule has 1 atom stereocenters. The Hall–Kier alpha value is -1.65. The molecule has 0 aliphatic carbocycles. The van der Waals surface area contributed by atoms with Crippen molar-refractivity contribution in [1.82, 2.24) is 0 Å². The number of amides is 1. The maximum atomic E-state index is 12.5. The molecule has 128 valence electrons. The van der Waals surface area contributed by atoms with Crippen molar-refractivity contribution in [3.63, 3.8) is 0 Å². The van der Waals surface area contributed by atoms with Crippen molar-refractivity contribution in [3.8, 4) is 5.75 Å². The highest BCUT2D eigenvalue weighted by atomic mass is 35.5. The number of rotatable bonds is 7. The third kappa shape index (κ3) is 5.77. The van der Waals surface area contributed by atoms with Gasteiger partial charge in [0.1, 0.15) is 5.75 Å². The summed E-state index contributed by atoms with van der Waals surface area (Å²) >= 11 is 7.44. The summed E-state index contributed by atoms with van der Waals surface area (Å²) < 4.78 is 5.60. The second kappa shape index (κ2) is 9.00. The summed E-state index contributed by atoms with van der Waals surface area (Å²) in [7, 11) is 0. The molecule has 0 saturated heterocycles. The summed E-state index contributed by atoms with van der Waals surface area (Å²) in [6.07, 6.45) is 0.874.